The van der Waals surface area contributed by atoms with Crippen LogP contribution < -0.4 is 14.8 Å². The average Bonchev–Trinajstić information content (AvgIpc) is 3.36. The summed E-state index contributed by atoms with van der Waals surface area (Å²) in [6.07, 6.45) is 2.33. The van der Waals surface area contributed by atoms with Crippen LogP contribution in [0.1, 0.15) is 46.3 Å². The average molecular weight is 438 g/mol. The second kappa shape index (κ2) is 8.66. The summed E-state index contributed by atoms with van der Waals surface area (Å²) in [5, 5.41) is 11.8. The van der Waals surface area contributed by atoms with E-state index in [0.717, 1.165) is 55.7 Å². The normalized spacial score (nSPS) is 16.8. The Labute approximate surface area is 186 Å². The van der Waals surface area contributed by atoms with E-state index in [2.05, 4.69) is 37.1 Å². The van der Waals surface area contributed by atoms with E-state index < -0.39 is 0 Å². The maximum atomic E-state index is 12.6. The Kier molecular flexibility index (Phi) is 5.57. The fourth-order valence-electron chi connectivity index (χ4n) is 4.27. The van der Waals surface area contributed by atoms with Crippen molar-refractivity contribution in [1.82, 2.24) is 25.0 Å². The van der Waals surface area contributed by atoms with Crippen molar-refractivity contribution in [1.29, 1.82) is 0 Å². The number of nitrogens with zero attached hydrogens (tertiary/aromatic N) is 4. The third-order valence-electron chi connectivity index (χ3n) is 6.00. The Morgan fingerprint density at radius 3 is 2.78 bits per heavy atom. The van der Waals surface area contributed by atoms with Crippen LogP contribution >= 0.6 is 0 Å². The highest BCUT2D eigenvalue weighted by Gasteiger charge is 2.24. The summed E-state index contributed by atoms with van der Waals surface area (Å²) < 4.78 is 18.7. The molecule has 5 rings (SSSR count). The van der Waals surface area contributed by atoms with Crippen molar-refractivity contribution in [3.8, 4) is 11.5 Å². The summed E-state index contributed by atoms with van der Waals surface area (Å²) in [6, 6.07) is 7.57. The number of rotatable bonds is 5. The molecule has 0 saturated heterocycles. The minimum atomic E-state index is -0.262. The van der Waals surface area contributed by atoms with Gasteiger partial charge in [-0.15, -0.1) is 10.2 Å². The first-order chi connectivity index (χ1) is 15.6. The molecule has 4 heterocycles. The molecule has 0 saturated carbocycles. The van der Waals surface area contributed by atoms with E-state index >= 15 is 0 Å². The molecular formula is C23H27N5O4. The van der Waals surface area contributed by atoms with Gasteiger partial charge in [-0.2, -0.15) is 0 Å². The summed E-state index contributed by atoms with van der Waals surface area (Å²) >= 11 is 0. The molecule has 0 radical (unpaired) electrons. The number of hydrogen-bond donors (Lipinski definition) is 1. The van der Waals surface area contributed by atoms with Crippen molar-refractivity contribution in [3.63, 3.8) is 0 Å². The molecule has 0 bridgehead atoms. The smallest absolute Gasteiger partial charge is 0.255 e. The van der Waals surface area contributed by atoms with Gasteiger partial charge in [-0.3, -0.25) is 9.69 Å². The first-order valence-corrected chi connectivity index (χ1v) is 11.0. The maximum absolute atomic E-state index is 12.6. The highest BCUT2D eigenvalue weighted by molar-refractivity contribution is 5.95. The predicted molar refractivity (Wildman–Crippen MR) is 116 cm³/mol. The molecule has 3 aromatic rings. The number of hydrogen-bond acceptors (Lipinski definition) is 7. The molecular weight excluding hydrogens is 410 g/mol. The van der Waals surface area contributed by atoms with Gasteiger partial charge in [0.05, 0.1) is 17.9 Å². The molecule has 1 amide bonds. The quantitative estimate of drug-likeness (QED) is 0.655. The number of furan rings is 1. The van der Waals surface area contributed by atoms with Gasteiger partial charge in [0, 0.05) is 32.6 Å². The van der Waals surface area contributed by atoms with Gasteiger partial charge in [-0.25, -0.2) is 0 Å². The van der Waals surface area contributed by atoms with Crippen LogP contribution in [0.25, 0.3) is 0 Å². The third kappa shape index (κ3) is 4.08. The van der Waals surface area contributed by atoms with Crippen LogP contribution in [0.5, 0.6) is 11.5 Å². The summed E-state index contributed by atoms with van der Waals surface area (Å²) in [7, 11) is 0. The summed E-state index contributed by atoms with van der Waals surface area (Å²) in [5.41, 5.74) is 1.74. The third-order valence-corrected chi connectivity index (χ3v) is 6.00. The number of aryl methyl sites for hydroxylation is 1. The molecule has 2 aliphatic rings. The Morgan fingerprint density at radius 1 is 1.12 bits per heavy atom. The number of benzene rings is 1. The number of fused-ring (bicyclic) bond motifs is 2. The van der Waals surface area contributed by atoms with Gasteiger partial charge in [0.25, 0.3) is 5.91 Å². The first kappa shape index (κ1) is 20.6. The number of carbonyl (C=O) groups is 1. The lowest BCUT2D eigenvalue weighted by molar-refractivity contribution is 0.0936. The number of aromatic nitrogens is 3. The number of carbonyl (C=O) groups excluding carboxylic acids is 1. The van der Waals surface area contributed by atoms with Crippen molar-refractivity contribution in [2.75, 3.05) is 26.3 Å². The van der Waals surface area contributed by atoms with Crippen molar-refractivity contribution >= 4 is 5.91 Å². The molecule has 9 nitrogen and oxygen atoms in total. The Bertz CT molecular complexity index is 1120. The lowest BCUT2D eigenvalue weighted by Gasteiger charge is -2.22. The monoisotopic (exact) mass is 437 g/mol. The van der Waals surface area contributed by atoms with Crippen LogP contribution in [-0.4, -0.2) is 51.9 Å². The van der Waals surface area contributed by atoms with Crippen molar-refractivity contribution in [2.24, 2.45) is 0 Å². The molecule has 2 aliphatic heterocycles. The molecule has 1 atom stereocenters. The van der Waals surface area contributed by atoms with Crippen LogP contribution in [0.4, 0.5) is 0 Å². The summed E-state index contributed by atoms with van der Waals surface area (Å²) in [4.78, 5) is 15.0. The largest absolute Gasteiger partial charge is 0.486 e. The molecule has 9 heteroatoms. The molecule has 1 aromatic carbocycles. The van der Waals surface area contributed by atoms with Gasteiger partial charge >= 0.3 is 0 Å². The molecule has 2 aromatic heterocycles. The Hall–Kier alpha value is -3.33. The van der Waals surface area contributed by atoms with Crippen molar-refractivity contribution in [2.45, 2.75) is 39.4 Å². The van der Waals surface area contributed by atoms with E-state index in [1.807, 2.05) is 13.0 Å². The zero-order valence-electron chi connectivity index (χ0n) is 18.3. The van der Waals surface area contributed by atoms with Crippen LogP contribution in [-0.2, 0) is 19.5 Å². The van der Waals surface area contributed by atoms with Gasteiger partial charge in [0.15, 0.2) is 17.3 Å². The highest BCUT2D eigenvalue weighted by atomic mass is 16.6. The lowest BCUT2D eigenvalue weighted by Crippen LogP contribution is -2.30. The zero-order valence-corrected chi connectivity index (χ0v) is 18.3. The van der Waals surface area contributed by atoms with Crippen LogP contribution in [0, 0.1) is 6.92 Å². The molecule has 32 heavy (non-hydrogen) atoms. The van der Waals surface area contributed by atoms with Gasteiger partial charge < -0.3 is 23.8 Å². The van der Waals surface area contributed by atoms with Crippen molar-refractivity contribution < 1.29 is 18.7 Å². The topological polar surface area (TPSA) is 94.7 Å². The fraction of sp³-hybridized carbons (Fsp3) is 0.435. The van der Waals surface area contributed by atoms with E-state index in [9.17, 15) is 4.79 Å². The molecule has 0 spiro atoms. The zero-order chi connectivity index (χ0) is 22.1. The number of amides is 1. The van der Waals surface area contributed by atoms with Crippen LogP contribution in [0.3, 0.4) is 0 Å². The summed E-state index contributed by atoms with van der Waals surface area (Å²) in [5.74, 6) is 3.79. The van der Waals surface area contributed by atoms with E-state index in [1.165, 1.54) is 11.8 Å². The molecule has 1 N–H and O–H groups in total. The maximum Gasteiger partial charge on any atom is 0.255 e. The van der Waals surface area contributed by atoms with Crippen molar-refractivity contribution in [3.05, 3.63) is 59.1 Å². The standard InChI is InChI=1S/C23H27N5O4/c1-15(24-23(29)18-6-10-30-16(18)2)22-26-25-21-5-7-27(8-9-28(21)22)14-17-3-4-19-20(13-17)32-12-11-31-19/h3-4,6,10,13,15H,5,7-9,11-12,14H2,1-2H3,(H,24,29)/t15-/m0/s1. The number of nitrogens with one attached hydrogen (secondary N) is 1. The van der Waals surface area contributed by atoms with E-state index in [-0.39, 0.29) is 11.9 Å². The summed E-state index contributed by atoms with van der Waals surface area (Å²) in [6.45, 7) is 8.26. The predicted octanol–water partition coefficient (Wildman–Crippen LogP) is 2.50. The van der Waals surface area contributed by atoms with Gasteiger partial charge in [0.2, 0.25) is 0 Å². The van der Waals surface area contributed by atoms with Gasteiger partial charge in [0.1, 0.15) is 24.8 Å². The first-order valence-electron chi connectivity index (χ1n) is 11.0. The fourth-order valence-corrected chi connectivity index (χ4v) is 4.27. The van der Waals surface area contributed by atoms with Gasteiger partial charge in [-0.05, 0) is 37.6 Å². The van der Waals surface area contributed by atoms with E-state index in [0.29, 0.717) is 24.5 Å². The Balaban J connectivity index is 1.24. The molecule has 0 aliphatic carbocycles. The van der Waals surface area contributed by atoms with E-state index in [4.69, 9.17) is 13.9 Å². The Morgan fingerprint density at radius 2 is 1.97 bits per heavy atom. The molecule has 168 valence electrons. The van der Waals surface area contributed by atoms with E-state index in [1.54, 1.807) is 13.0 Å². The number of ether oxygens (including phenoxy) is 2. The minimum absolute atomic E-state index is 0.171. The van der Waals surface area contributed by atoms with Gasteiger partial charge in [-0.1, -0.05) is 6.07 Å². The molecule has 0 fully saturated rings. The second-order valence-electron chi connectivity index (χ2n) is 8.22. The van der Waals surface area contributed by atoms with Crippen LogP contribution in [0.2, 0.25) is 0 Å². The minimum Gasteiger partial charge on any atom is -0.486 e. The van der Waals surface area contributed by atoms with Crippen LogP contribution in [0.15, 0.2) is 34.9 Å². The highest BCUT2D eigenvalue weighted by Crippen LogP contribution is 2.31. The SMILES string of the molecule is Cc1occc1C(=O)N[C@@H](C)c1nnc2n1CCN(Cc1ccc3c(c1)OCCO3)CC2. The molecule has 0 unspecified atom stereocenters. The lowest BCUT2D eigenvalue weighted by atomic mass is 10.1. The second-order valence-corrected chi connectivity index (χ2v) is 8.22.